The first kappa shape index (κ1) is 14.6. The first-order valence-electron chi connectivity index (χ1n) is 6.65. The number of anilines is 1. The molecule has 2 N–H and O–H groups in total. The van der Waals surface area contributed by atoms with Gasteiger partial charge in [0.15, 0.2) is 0 Å². The Morgan fingerprint density at radius 2 is 2.25 bits per heavy atom. The van der Waals surface area contributed by atoms with Gasteiger partial charge in [0.1, 0.15) is 11.7 Å². The van der Waals surface area contributed by atoms with Gasteiger partial charge in [0.2, 0.25) is 0 Å². The molecule has 1 unspecified atom stereocenters. The number of aryl methyl sites for hydroxylation is 1. The van der Waals surface area contributed by atoms with Crippen LogP contribution in [-0.2, 0) is 16.5 Å². The molecule has 0 radical (unpaired) electrons. The number of hydrogen-bond acceptors (Lipinski definition) is 5. The highest BCUT2D eigenvalue weighted by Crippen LogP contribution is 2.27. The van der Waals surface area contributed by atoms with Gasteiger partial charge in [0, 0.05) is 13.6 Å². The monoisotopic (exact) mass is 282 g/mol. The highest BCUT2D eigenvalue weighted by molar-refractivity contribution is 5.68. The van der Waals surface area contributed by atoms with Crippen LogP contribution in [0.2, 0.25) is 0 Å². The van der Waals surface area contributed by atoms with Crippen LogP contribution in [0.5, 0.6) is 0 Å². The van der Waals surface area contributed by atoms with E-state index >= 15 is 0 Å². The summed E-state index contributed by atoms with van der Waals surface area (Å²) in [5, 5.41) is 4.10. The molecule has 0 aromatic carbocycles. The van der Waals surface area contributed by atoms with Crippen LogP contribution in [-0.4, -0.2) is 46.1 Å². The van der Waals surface area contributed by atoms with E-state index < -0.39 is 5.60 Å². The number of carbonyl (C=O) groups excluding carboxylic acids is 1. The van der Waals surface area contributed by atoms with Crippen LogP contribution in [0.3, 0.4) is 0 Å². The Labute approximate surface area is 118 Å². The molecule has 1 atom stereocenters. The lowest BCUT2D eigenvalue weighted by Crippen LogP contribution is -2.45. The van der Waals surface area contributed by atoms with Crippen molar-refractivity contribution in [1.29, 1.82) is 0 Å². The summed E-state index contributed by atoms with van der Waals surface area (Å²) in [6.07, 6.45) is 0.987. The smallest absolute Gasteiger partial charge is 0.410 e. The third-order valence-electron chi connectivity index (χ3n) is 3.04. The Bertz CT molecular complexity index is 473. The molecule has 1 fully saturated rings. The number of nitrogens with two attached hydrogens (primary N) is 1. The maximum atomic E-state index is 12.1. The minimum absolute atomic E-state index is 0.274. The number of ether oxygens (including phenoxy) is 2. The van der Waals surface area contributed by atoms with E-state index in [0.717, 1.165) is 5.69 Å². The normalized spacial score (nSPS) is 20.0. The van der Waals surface area contributed by atoms with Crippen molar-refractivity contribution in [1.82, 2.24) is 14.7 Å². The summed E-state index contributed by atoms with van der Waals surface area (Å²) in [5.74, 6) is 0. The highest BCUT2D eigenvalue weighted by Gasteiger charge is 2.31. The number of rotatable bonds is 1. The molecule has 2 rings (SSSR count). The van der Waals surface area contributed by atoms with E-state index in [1.54, 1.807) is 15.8 Å². The van der Waals surface area contributed by atoms with Gasteiger partial charge in [-0.15, -0.1) is 0 Å². The molecular formula is C13H22N4O3. The van der Waals surface area contributed by atoms with Gasteiger partial charge in [-0.25, -0.2) is 4.79 Å². The molecule has 0 saturated carbocycles. The lowest BCUT2D eigenvalue weighted by atomic mass is 10.2. The van der Waals surface area contributed by atoms with Gasteiger partial charge in [0.25, 0.3) is 0 Å². The second-order valence-corrected chi connectivity index (χ2v) is 5.89. The largest absolute Gasteiger partial charge is 0.444 e. The lowest BCUT2D eigenvalue weighted by molar-refractivity contribution is -0.0456. The van der Waals surface area contributed by atoms with Crippen molar-refractivity contribution in [3.63, 3.8) is 0 Å². The molecule has 2 heterocycles. The summed E-state index contributed by atoms with van der Waals surface area (Å²) in [4.78, 5) is 13.7. The van der Waals surface area contributed by atoms with Crippen molar-refractivity contribution < 1.29 is 14.3 Å². The number of nitrogens with zero attached hydrogens (tertiary/aromatic N) is 3. The van der Waals surface area contributed by atoms with E-state index in [2.05, 4.69) is 5.10 Å². The van der Waals surface area contributed by atoms with Gasteiger partial charge in [0.05, 0.1) is 30.7 Å². The van der Waals surface area contributed by atoms with Gasteiger partial charge in [-0.2, -0.15) is 5.10 Å². The summed E-state index contributed by atoms with van der Waals surface area (Å²) < 4.78 is 12.8. The predicted octanol–water partition coefficient (Wildman–Crippen LogP) is 1.31. The van der Waals surface area contributed by atoms with Gasteiger partial charge in [-0.1, -0.05) is 0 Å². The Hall–Kier alpha value is -1.76. The third kappa shape index (κ3) is 3.22. The Morgan fingerprint density at radius 3 is 2.80 bits per heavy atom. The Balaban J connectivity index is 2.08. The fraction of sp³-hybridized carbons (Fsp3) is 0.692. The molecule has 0 bridgehead atoms. The fourth-order valence-electron chi connectivity index (χ4n) is 2.17. The van der Waals surface area contributed by atoms with Crippen LogP contribution in [0.15, 0.2) is 6.20 Å². The number of aromatic nitrogens is 2. The van der Waals surface area contributed by atoms with Crippen molar-refractivity contribution in [2.75, 3.05) is 25.4 Å². The standard InChI is InChI=1S/C13H22N4O3/c1-13(2,3)20-12(18)17-5-6-19-10(8-17)11-9(14)7-15-16(11)4/h7,10H,5-6,8,14H2,1-4H3. The zero-order valence-electron chi connectivity index (χ0n) is 12.4. The van der Waals surface area contributed by atoms with E-state index in [1.165, 1.54) is 0 Å². The quantitative estimate of drug-likeness (QED) is 0.839. The second kappa shape index (κ2) is 5.32. The molecule has 7 nitrogen and oxygen atoms in total. The number of morpholine rings is 1. The van der Waals surface area contributed by atoms with Crippen molar-refractivity contribution in [2.24, 2.45) is 7.05 Å². The minimum atomic E-state index is -0.504. The molecule has 7 heteroatoms. The SMILES string of the molecule is Cn1ncc(N)c1C1CN(C(=O)OC(C)(C)C)CCO1. The van der Waals surface area contributed by atoms with Crippen LogP contribution in [0.25, 0.3) is 0 Å². The van der Waals surface area contributed by atoms with E-state index in [0.29, 0.717) is 25.4 Å². The Kier molecular flexibility index (Phi) is 3.89. The average molecular weight is 282 g/mol. The molecule has 20 heavy (non-hydrogen) atoms. The molecular weight excluding hydrogens is 260 g/mol. The van der Waals surface area contributed by atoms with Gasteiger partial charge in [-0.3, -0.25) is 4.68 Å². The third-order valence-corrected chi connectivity index (χ3v) is 3.04. The topological polar surface area (TPSA) is 82.6 Å². The molecule has 112 valence electrons. The maximum Gasteiger partial charge on any atom is 0.410 e. The predicted molar refractivity (Wildman–Crippen MR) is 74.1 cm³/mol. The first-order chi connectivity index (χ1) is 9.28. The van der Waals surface area contributed by atoms with Crippen LogP contribution in [0.4, 0.5) is 10.5 Å². The molecule has 1 aliphatic rings. The first-order valence-corrected chi connectivity index (χ1v) is 6.65. The van der Waals surface area contributed by atoms with Gasteiger partial charge >= 0.3 is 6.09 Å². The summed E-state index contributed by atoms with van der Waals surface area (Å²) in [5.41, 5.74) is 6.76. The van der Waals surface area contributed by atoms with Gasteiger partial charge < -0.3 is 20.1 Å². The summed E-state index contributed by atoms with van der Waals surface area (Å²) in [6, 6.07) is 0. The average Bonchev–Trinajstić information content (AvgIpc) is 2.67. The van der Waals surface area contributed by atoms with Crippen LogP contribution in [0, 0.1) is 0 Å². The summed E-state index contributed by atoms with van der Waals surface area (Å²) in [6.45, 7) is 6.93. The van der Waals surface area contributed by atoms with Crippen LogP contribution < -0.4 is 5.73 Å². The highest BCUT2D eigenvalue weighted by atomic mass is 16.6. The van der Waals surface area contributed by atoms with Crippen molar-refractivity contribution in [3.8, 4) is 0 Å². The van der Waals surface area contributed by atoms with E-state index in [1.807, 2.05) is 27.8 Å². The number of hydrogen-bond donors (Lipinski definition) is 1. The molecule has 1 aromatic heterocycles. The number of amides is 1. The lowest BCUT2D eigenvalue weighted by Gasteiger charge is -2.34. The summed E-state index contributed by atoms with van der Waals surface area (Å²) in [7, 11) is 1.81. The van der Waals surface area contributed by atoms with E-state index in [-0.39, 0.29) is 12.2 Å². The van der Waals surface area contributed by atoms with E-state index in [9.17, 15) is 4.79 Å². The molecule has 1 amide bonds. The molecule has 1 saturated heterocycles. The molecule has 0 aliphatic carbocycles. The van der Waals surface area contributed by atoms with Crippen molar-refractivity contribution in [2.45, 2.75) is 32.5 Å². The zero-order valence-corrected chi connectivity index (χ0v) is 12.4. The molecule has 0 spiro atoms. The van der Waals surface area contributed by atoms with Crippen LogP contribution >= 0.6 is 0 Å². The van der Waals surface area contributed by atoms with E-state index in [4.69, 9.17) is 15.2 Å². The molecule has 1 aliphatic heterocycles. The number of nitrogen functional groups attached to an aromatic ring is 1. The zero-order chi connectivity index (χ0) is 14.9. The maximum absolute atomic E-state index is 12.1. The summed E-state index contributed by atoms with van der Waals surface area (Å²) >= 11 is 0. The fourth-order valence-corrected chi connectivity index (χ4v) is 2.17. The van der Waals surface area contributed by atoms with Crippen molar-refractivity contribution in [3.05, 3.63) is 11.9 Å². The van der Waals surface area contributed by atoms with Crippen molar-refractivity contribution >= 4 is 11.8 Å². The second-order valence-electron chi connectivity index (χ2n) is 5.89. The van der Waals surface area contributed by atoms with Crippen LogP contribution in [0.1, 0.15) is 32.6 Å². The number of carbonyl (C=O) groups is 1. The Morgan fingerprint density at radius 1 is 1.55 bits per heavy atom. The van der Waals surface area contributed by atoms with Gasteiger partial charge in [-0.05, 0) is 20.8 Å². The minimum Gasteiger partial charge on any atom is -0.444 e. The molecule has 1 aromatic rings.